The summed E-state index contributed by atoms with van der Waals surface area (Å²) in [5.41, 5.74) is 1.16. The van der Waals surface area contributed by atoms with Crippen LogP contribution in [0.25, 0.3) is 0 Å². The predicted octanol–water partition coefficient (Wildman–Crippen LogP) is 3.38. The maximum absolute atomic E-state index is 5.77. The van der Waals surface area contributed by atoms with Gasteiger partial charge in [-0.3, -0.25) is 4.99 Å². The molecule has 1 aromatic heterocycles. The molecule has 2 rings (SSSR count). The Balaban J connectivity index is 0.00000288. The lowest BCUT2D eigenvalue weighted by Gasteiger charge is -2.12. The van der Waals surface area contributed by atoms with Crippen LogP contribution in [0.5, 0.6) is 5.75 Å². The van der Waals surface area contributed by atoms with Gasteiger partial charge in [-0.15, -0.1) is 24.0 Å². The van der Waals surface area contributed by atoms with Crippen molar-refractivity contribution in [2.45, 2.75) is 19.8 Å². The molecule has 0 spiro atoms. The Morgan fingerprint density at radius 3 is 2.62 bits per heavy atom. The van der Waals surface area contributed by atoms with Crippen LogP contribution in [-0.4, -0.2) is 32.7 Å². The van der Waals surface area contributed by atoms with Crippen LogP contribution in [0.3, 0.4) is 0 Å². The fourth-order valence-corrected chi connectivity index (χ4v) is 2.16. The first-order chi connectivity index (χ1) is 11.3. The molecule has 5 nitrogen and oxygen atoms in total. The molecule has 0 fully saturated rings. The molecule has 1 heterocycles. The van der Waals surface area contributed by atoms with Gasteiger partial charge in [-0.2, -0.15) is 0 Å². The van der Waals surface area contributed by atoms with Crippen LogP contribution < -0.4 is 15.4 Å². The van der Waals surface area contributed by atoms with Gasteiger partial charge in [0.2, 0.25) is 0 Å². The van der Waals surface area contributed by atoms with Gasteiger partial charge in [-0.25, -0.2) is 0 Å². The Morgan fingerprint density at radius 2 is 1.92 bits per heavy atom. The molecule has 0 amide bonds. The number of hydrogen-bond acceptors (Lipinski definition) is 3. The summed E-state index contributed by atoms with van der Waals surface area (Å²) in [6.07, 6.45) is 3.44. The van der Waals surface area contributed by atoms with Gasteiger partial charge in [0, 0.05) is 26.6 Å². The van der Waals surface area contributed by atoms with Crippen molar-refractivity contribution >= 4 is 29.9 Å². The van der Waals surface area contributed by atoms with E-state index in [4.69, 9.17) is 9.15 Å². The number of nitrogens with zero attached hydrogens (tertiary/aromatic N) is 1. The molecular weight excluding hydrogens is 417 g/mol. The van der Waals surface area contributed by atoms with E-state index in [1.165, 1.54) is 0 Å². The number of halogens is 1. The summed E-state index contributed by atoms with van der Waals surface area (Å²) in [7, 11) is 1.77. The Hall–Kier alpha value is -1.70. The third-order valence-electron chi connectivity index (χ3n) is 3.43. The minimum Gasteiger partial charge on any atom is -0.493 e. The molecule has 1 aromatic carbocycles. The van der Waals surface area contributed by atoms with E-state index in [-0.39, 0.29) is 24.0 Å². The lowest BCUT2D eigenvalue weighted by Crippen LogP contribution is -2.39. The molecule has 0 saturated heterocycles. The molecule has 132 valence electrons. The van der Waals surface area contributed by atoms with E-state index >= 15 is 0 Å². The zero-order valence-electron chi connectivity index (χ0n) is 14.2. The summed E-state index contributed by atoms with van der Waals surface area (Å²) >= 11 is 0. The van der Waals surface area contributed by atoms with Gasteiger partial charge < -0.3 is 19.8 Å². The van der Waals surface area contributed by atoms with Crippen molar-refractivity contribution in [1.29, 1.82) is 0 Å². The number of aliphatic imine (C=N–C) groups is 1. The number of para-hydroxylation sites is 1. The van der Waals surface area contributed by atoms with E-state index in [9.17, 15) is 0 Å². The molecule has 0 aliphatic heterocycles. The maximum atomic E-state index is 5.77. The summed E-state index contributed by atoms with van der Waals surface area (Å²) < 4.78 is 11.1. The quantitative estimate of drug-likeness (QED) is 0.284. The molecule has 0 unspecified atom stereocenters. The molecule has 24 heavy (non-hydrogen) atoms. The van der Waals surface area contributed by atoms with Crippen molar-refractivity contribution < 1.29 is 9.15 Å². The second-order valence-corrected chi connectivity index (χ2v) is 5.22. The number of ether oxygens (including phenoxy) is 1. The maximum Gasteiger partial charge on any atom is 0.190 e. The van der Waals surface area contributed by atoms with E-state index in [2.05, 4.69) is 28.6 Å². The minimum absolute atomic E-state index is 0. The van der Waals surface area contributed by atoms with Gasteiger partial charge in [-0.05, 0) is 37.1 Å². The van der Waals surface area contributed by atoms with Crippen molar-refractivity contribution in [3.8, 4) is 5.75 Å². The highest BCUT2D eigenvalue weighted by molar-refractivity contribution is 14.0. The topological polar surface area (TPSA) is 58.8 Å². The average molecular weight is 443 g/mol. The number of hydrogen-bond donors (Lipinski definition) is 2. The van der Waals surface area contributed by atoms with Crippen molar-refractivity contribution in [2.24, 2.45) is 4.99 Å². The summed E-state index contributed by atoms with van der Waals surface area (Å²) in [6, 6.07) is 11.9. The van der Waals surface area contributed by atoms with E-state index < -0.39 is 0 Å². The fourth-order valence-electron chi connectivity index (χ4n) is 2.16. The molecule has 0 aliphatic carbocycles. The number of benzene rings is 1. The number of nitrogens with one attached hydrogen (secondary N) is 2. The third kappa shape index (κ3) is 7.25. The second kappa shape index (κ2) is 11.8. The molecule has 2 aromatic rings. The van der Waals surface area contributed by atoms with Crippen LogP contribution in [0.1, 0.15) is 17.7 Å². The van der Waals surface area contributed by atoms with E-state index in [1.54, 1.807) is 13.3 Å². The smallest absolute Gasteiger partial charge is 0.190 e. The van der Waals surface area contributed by atoms with Crippen molar-refractivity contribution in [1.82, 2.24) is 10.6 Å². The van der Waals surface area contributed by atoms with Gasteiger partial charge >= 0.3 is 0 Å². The molecular formula is C18H26IN3O2. The van der Waals surface area contributed by atoms with Crippen LogP contribution in [0.15, 0.2) is 52.1 Å². The first-order valence-corrected chi connectivity index (χ1v) is 7.95. The normalized spacial score (nSPS) is 10.8. The lowest BCUT2D eigenvalue weighted by atomic mass is 10.2. The summed E-state index contributed by atoms with van der Waals surface area (Å²) in [5.74, 6) is 2.72. The van der Waals surface area contributed by atoms with Crippen LogP contribution in [0.2, 0.25) is 0 Å². The number of rotatable bonds is 8. The van der Waals surface area contributed by atoms with Crippen molar-refractivity contribution in [3.63, 3.8) is 0 Å². The summed E-state index contributed by atoms with van der Waals surface area (Å²) in [6.45, 7) is 4.33. The van der Waals surface area contributed by atoms with Gasteiger partial charge in [0.15, 0.2) is 5.96 Å². The predicted molar refractivity (Wildman–Crippen MR) is 108 cm³/mol. The molecule has 0 aliphatic rings. The van der Waals surface area contributed by atoms with Crippen LogP contribution in [0, 0.1) is 6.92 Å². The zero-order chi connectivity index (χ0) is 16.3. The zero-order valence-corrected chi connectivity index (χ0v) is 16.6. The highest BCUT2D eigenvalue weighted by Gasteiger charge is 2.00. The molecule has 6 heteroatoms. The largest absolute Gasteiger partial charge is 0.493 e. The Labute approximate surface area is 160 Å². The van der Waals surface area contributed by atoms with Gasteiger partial charge in [0.1, 0.15) is 11.5 Å². The van der Waals surface area contributed by atoms with E-state index in [0.29, 0.717) is 6.61 Å². The van der Waals surface area contributed by atoms with E-state index in [0.717, 1.165) is 49.0 Å². The van der Waals surface area contributed by atoms with Gasteiger partial charge in [0.05, 0.1) is 12.9 Å². The third-order valence-corrected chi connectivity index (χ3v) is 3.43. The molecule has 2 N–H and O–H groups in total. The number of guanidine groups is 1. The summed E-state index contributed by atoms with van der Waals surface area (Å²) in [5, 5.41) is 6.54. The highest BCUT2D eigenvalue weighted by Crippen LogP contribution is 2.15. The van der Waals surface area contributed by atoms with E-state index in [1.807, 2.05) is 30.3 Å². The molecule has 0 saturated carbocycles. The van der Waals surface area contributed by atoms with Gasteiger partial charge in [0.25, 0.3) is 0 Å². The van der Waals surface area contributed by atoms with Crippen LogP contribution in [0.4, 0.5) is 0 Å². The second-order valence-electron chi connectivity index (χ2n) is 5.22. The summed E-state index contributed by atoms with van der Waals surface area (Å²) in [4.78, 5) is 4.20. The molecule has 0 radical (unpaired) electrons. The first kappa shape index (κ1) is 20.3. The lowest BCUT2D eigenvalue weighted by molar-refractivity contribution is 0.309. The fraction of sp³-hybridized carbons (Fsp3) is 0.389. The molecule has 0 atom stereocenters. The Kier molecular flexibility index (Phi) is 9.98. The number of aryl methyl sites for hydroxylation is 1. The average Bonchev–Trinajstić information content (AvgIpc) is 3.08. The van der Waals surface area contributed by atoms with Crippen LogP contribution in [-0.2, 0) is 6.42 Å². The van der Waals surface area contributed by atoms with Crippen molar-refractivity contribution in [2.75, 3.05) is 26.7 Å². The molecule has 0 bridgehead atoms. The monoisotopic (exact) mass is 443 g/mol. The Morgan fingerprint density at radius 1 is 1.12 bits per heavy atom. The number of furan rings is 1. The van der Waals surface area contributed by atoms with Crippen molar-refractivity contribution in [3.05, 3.63) is 54.0 Å². The minimum atomic E-state index is 0. The first-order valence-electron chi connectivity index (χ1n) is 7.95. The standard InChI is InChI=1S/C18H25N3O2.HI/c1-15-7-3-4-9-17(15)23-14-6-11-20-18(19-2)21-12-10-16-8-5-13-22-16;/h3-5,7-9,13H,6,10-12,14H2,1-2H3,(H2,19,20,21);1H. The SMILES string of the molecule is CN=C(NCCCOc1ccccc1C)NCCc1ccco1.I. The van der Waals surface area contributed by atoms with Crippen LogP contribution >= 0.6 is 24.0 Å². The Bertz CT molecular complexity index is 600. The highest BCUT2D eigenvalue weighted by atomic mass is 127. The van der Waals surface area contributed by atoms with Gasteiger partial charge in [-0.1, -0.05) is 18.2 Å².